The highest BCUT2D eigenvalue weighted by Gasteiger charge is 2.27. The molecule has 1 saturated carbocycles. The maximum atomic E-state index is 10.4. The van der Waals surface area contributed by atoms with E-state index in [9.17, 15) is 4.79 Å². The molecule has 0 unspecified atom stereocenters. The SMILES string of the molecule is CN(c1ccc(/C=C/C(=O)O)cc1Br)C1CC1. The van der Waals surface area contributed by atoms with E-state index < -0.39 is 5.97 Å². The second-order valence-electron chi connectivity index (χ2n) is 4.22. The zero-order valence-corrected chi connectivity index (χ0v) is 11.1. The van der Waals surface area contributed by atoms with Gasteiger partial charge in [0.2, 0.25) is 0 Å². The Balaban J connectivity index is 2.18. The van der Waals surface area contributed by atoms with Gasteiger partial charge in [0.25, 0.3) is 0 Å². The van der Waals surface area contributed by atoms with Gasteiger partial charge < -0.3 is 10.0 Å². The van der Waals surface area contributed by atoms with E-state index in [0.717, 1.165) is 21.8 Å². The molecule has 0 spiro atoms. The lowest BCUT2D eigenvalue weighted by molar-refractivity contribution is -0.131. The topological polar surface area (TPSA) is 40.5 Å². The Morgan fingerprint density at radius 2 is 2.24 bits per heavy atom. The maximum Gasteiger partial charge on any atom is 0.328 e. The number of carboxylic acids is 1. The van der Waals surface area contributed by atoms with Crippen LogP contribution < -0.4 is 4.90 Å². The van der Waals surface area contributed by atoms with E-state index in [1.165, 1.54) is 12.8 Å². The summed E-state index contributed by atoms with van der Waals surface area (Å²) in [5.41, 5.74) is 2.03. The summed E-state index contributed by atoms with van der Waals surface area (Å²) in [7, 11) is 2.09. The molecule has 0 heterocycles. The third kappa shape index (κ3) is 3.09. The number of nitrogens with zero attached hydrogens (tertiary/aromatic N) is 1. The van der Waals surface area contributed by atoms with Gasteiger partial charge in [-0.3, -0.25) is 0 Å². The molecule has 0 saturated heterocycles. The smallest absolute Gasteiger partial charge is 0.328 e. The standard InChI is InChI=1S/C13H14BrNO2/c1-15(10-4-5-10)12-6-2-9(8-11(12)14)3-7-13(16)17/h2-3,6-8,10H,4-5H2,1H3,(H,16,17)/b7-3+. The molecule has 0 atom stereocenters. The molecule has 0 amide bonds. The number of aliphatic carboxylic acids is 1. The van der Waals surface area contributed by atoms with Crippen molar-refractivity contribution in [3.63, 3.8) is 0 Å². The van der Waals surface area contributed by atoms with E-state index in [1.807, 2.05) is 18.2 Å². The second kappa shape index (κ2) is 4.92. The third-order valence-corrected chi connectivity index (χ3v) is 3.50. The van der Waals surface area contributed by atoms with Crippen molar-refractivity contribution in [2.75, 3.05) is 11.9 Å². The average molecular weight is 296 g/mol. The average Bonchev–Trinajstić information content (AvgIpc) is 3.09. The fraction of sp³-hybridized carbons (Fsp3) is 0.308. The van der Waals surface area contributed by atoms with Crippen molar-refractivity contribution in [1.29, 1.82) is 0 Å². The van der Waals surface area contributed by atoms with Crippen LogP contribution in [0.25, 0.3) is 6.08 Å². The first-order valence-corrected chi connectivity index (χ1v) is 6.30. The first-order valence-electron chi connectivity index (χ1n) is 5.51. The number of carboxylic acid groups (broad SMARTS) is 1. The van der Waals surface area contributed by atoms with E-state index >= 15 is 0 Å². The van der Waals surface area contributed by atoms with Crippen molar-refractivity contribution >= 4 is 33.7 Å². The molecule has 1 N–H and O–H groups in total. The highest BCUT2D eigenvalue weighted by molar-refractivity contribution is 9.10. The Labute approximate surface area is 109 Å². The molecule has 4 heteroatoms. The van der Waals surface area contributed by atoms with Crippen LogP contribution in [0.15, 0.2) is 28.7 Å². The second-order valence-corrected chi connectivity index (χ2v) is 5.08. The van der Waals surface area contributed by atoms with Gasteiger partial charge in [-0.15, -0.1) is 0 Å². The van der Waals surface area contributed by atoms with Crippen LogP contribution in [-0.4, -0.2) is 24.2 Å². The van der Waals surface area contributed by atoms with Crippen LogP contribution >= 0.6 is 15.9 Å². The number of hydrogen-bond donors (Lipinski definition) is 1. The molecule has 3 nitrogen and oxygen atoms in total. The largest absolute Gasteiger partial charge is 0.478 e. The quantitative estimate of drug-likeness (QED) is 0.868. The highest BCUT2D eigenvalue weighted by atomic mass is 79.9. The molecule has 0 aromatic heterocycles. The van der Waals surface area contributed by atoms with Gasteiger partial charge in [-0.05, 0) is 52.5 Å². The summed E-state index contributed by atoms with van der Waals surface area (Å²) >= 11 is 3.53. The monoisotopic (exact) mass is 295 g/mol. The Morgan fingerprint density at radius 1 is 1.53 bits per heavy atom. The van der Waals surface area contributed by atoms with Crippen LogP contribution in [0, 0.1) is 0 Å². The minimum absolute atomic E-state index is 0.659. The Kier molecular flexibility index (Phi) is 3.52. The number of carbonyl (C=O) groups is 1. The van der Waals surface area contributed by atoms with E-state index in [0.29, 0.717) is 6.04 Å². The van der Waals surface area contributed by atoms with Gasteiger partial charge in [0.1, 0.15) is 0 Å². The van der Waals surface area contributed by atoms with Gasteiger partial charge in [0.05, 0.1) is 5.69 Å². The van der Waals surface area contributed by atoms with Crippen molar-refractivity contribution in [2.45, 2.75) is 18.9 Å². The lowest BCUT2D eigenvalue weighted by Gasteiger charge is -2.20. The normalized spacial score (nSPS) is 15.2. The summed E-state index contributed by atoms with van der Waals surface area (Å²) < 4.78 is 0.999. The first-order chi connectivity index (χ1) is 8.08. The molecule has 1 fully saturated rings. The zero-order valence-electron chi connectivity index (χ0n) is 9.56. The fourth-order valence-electron chi connectivity index (χ4n) is 1.74. The highest BCUT2D eigenvalue weighted by Crippen LogP contribution is 2.35. The van der Waals surface area contributed by atoms with Crippen molar-refractivity contribution in [1.82, 2.24) is 0 Å². The van der Waals surface area contributed by atoms with E-state index in [-0.39, 0.29) is 0 Å². The van der Waals surface area contributed by atoms with Crippen LogP contribution in [0.1, 0.15) is 18.4 Å². The van der Waals surface area contributed by atoms with E-state index in [4.69, 9.17) is 5.11 Å². The van der Waals surface area contributed by atoms with Crippen LogP contribution in [0.3, 0.4) is 0 Å². The van der Waals surface area contributed by atoms with Gasteiger partial charge in [-0.25, -0.2) is 4.79 Å². The van der Waals surface area contributed by atoms with Gasteiger partial charge in [-0.1, -0.05) is 6.07 Å². The predicted octanol–water partition coefficient (Wildman–Crippen LogP) is 3.15. The third-order valence-electron chi connectivity index (χ3n) is 2.86. The van der Waals surface area contributed by atoms with Gasteiger partial charge in [0.15, 0.2) is 0 Å². The Bertz CT molecular complexity index is 466. The van der Waals surface area contributed by atoms with Crippen molar-refractivity contribution in [3.8, 4) is 0 Å². The van der Waals surface area contributed by atoms with Crippen LogP contribution in [0.5, 0.6) is 0 Å². The molecule has 0 bridgehead atoms. The van der Waals surface area contributed by atoms with Gasteiger partial charge in [-0.2, -0.15) is 0 Å². The molecule has 1 aromatic rings. The molecule has 90 valence electrons. The first kappa shape index (κ1) is 12.2. The molecule has 1 aromatic carbocycles. The summed E-state index contributed by atoms with van der Waals surface area (Å²) in [6.07, 6.45) is 5.24. The number of rotatable bonds is 4. The summed E-state index contributed by atoms with van der Waals surface area (Å²) in [5.74, 6) is -0.930. The molecule has 1 aliphatic rings. The number of benzene rings is 1. The lowest BCUT2D eigenvalue weighted by atomic mass is 10.2. The van der Waals surface area contributed by atoms with Crippen LogP contribution in [0.2, 0.25) is 0 Å². The molecule has 0 radical (unpaired) electrons. The maximum absolute atomic E-state index is 10.4. The molecular formula is C13H14BrNO2. The number of anilines is 1. The van der Waals surface area contributed by atoms with E-state index in [2.05, 4.69) is 27.9 Å². The minimum Gasteiger partial charge on any atom is -0.478 e. The van der Waals surface area contributed by atoms with Gasteiger partial charge >= 0.3 is 5.97 Å². The van der Waals surface area contributed by atoms with Crippen molar-refractivity contribution in [2.24, 2.45) is 0 Å². The van der Waals surface area contributed by atoms with E-state index in [1.54, 1.807) is 6.08 Å². The van der Waals surface area contributed by atoms with Gasteiger partial charge in [0, 0.05) is 23.6 Å². The summed E-state index contributed by atoms with van der Waals surface area (Å²) in [6, 6.07) is 6.54. The molecule has 1 aliphatic carbocycles. The zero-order chi connectivity index (χ0) is 12.4. The molecular weight excluding hydrogens is 282 g/mol. The van der Waals surface area contributed by atoms with Crippen LogP contribution in [0.4, 0.5) is 5.69 Å². The summed E-state index contributed by atoms with van der Waals surface area (Å²) in [5, 5.41) is 8.56. The molecule has 17 heavy (non-hydrogen) atoms. The Hall–Kier alpha value is -1.29. The summed E-state index contributed by atoms with van der Waals surface area (Å²) in [4.78, 5) is 12.7. The number of hydrogen-bond acceptors (Lipinski definition) is 2. The predicted molar refractivity (Wildman–Crippen MR) is 72.2 cm³/mol. The molecule has 0 aliphatic heterocycles. The van der Waals surface area contributed by atoms with Crippen LogP contribution in [-0.2, 0) is 4.79 Å². The van der Waals surface area contributed by atoms with Crippen molar-refractivity contribution < 1.29 is 9.90 Å². The summed E-state index contributed by atoms with van der Waals surface area (Å²) in [6.45, 7) is 0. The minimum atomic E-state index is -0.930. The Morgan fingerprint density at radius 3 is 2.76 bits per heavy atom. The number of halogens is 1. The lowest BCUT2D eigenvalue weighted by Crippen LogP contribution is -2.19. The fourth-order valence-corrected chi connectivity index (χ4v) is 2.42. The van der Waals surface area contributed by atoms with Crippen molar-refractivity contribution in [3.05, 3.63) is 34.3 Å². The molecule has 2 rings (SSSR count).